The first-order chi connectivity index (χ1) is 8.79. The smallest absolute Gasteiger partial charge is 0.170 e. The van der Waals surface area contributed by atoms with Gasteiger partial charge in [-0.2, -0.15) is 0 Å². The van der Waals surface area contributed by atoms with E-state index in [-0.39, 0.29) is 5.84 Å². The highest BCUT2D eigenvalue weighted by molar-refractivity contribution is 5.97. The summed E-state index contributed by atoms with van der Waals surface area (Å²) in [6.07, 6.45) is 1.70. The van der Waals surface area contributed by atoms with Crippen molar-refractivity contribution < 1.29 is 5.21 Å². The van der Waals surface area contributed by atoms with Gasteiger partial charge in [-0.25, -0.2) is 4.98 Å². The molecule has 0 saturated heterocycles. The summed E-state index contributed by atoms with van der Waals surface area (Å²) in [7, 11) is 0. The predicted octanol–water partition coefficient (Wildman–Crippen LogP) is 1.58. The highest BCUT2D eigenvalue weighted by atomic mass is 16.4. The molecule has 2 aromatic rings. The molecule has 3 N–H and O–H groups in total. The minimum Gasteiger partial charge on any atom is -0.409 e. The average Bonchev–Trinajstić information content (AvgIpc) is 2.46. The normalized spacial score (nSPS) is 10.6. The lowest BCUT2D eigenvalue weighted by molar-refractivity contribution is 0.318. The van der Waals surface area contributed by atoms with E-state index in [0.717, 1.165) is 11.3 Å². The Morgan fingerprint density at radius 1 is 1.11 bits per heavy atom. The third-order valence-corrected chi connectivity index (χ3v) is 2.29. The van der Waals surface area contributed by atoms with Crippen LogP contribution in [0, 0.1) is 11.8 Å². The average molecular weight is 237 g/mol. The molecule has 0 saturated carbocycles. The number of aromatic nitrogens is 1. The number of hydrogen-bond donors (Lipinski definition) is 2. The molecule has 18 heavy (non-hydrogen) atoms. The number of hydrogen-bond acceptors (Lipinski definition) is 3. The zero-order valence-electron chi connectivity index (χ0n) is 9.54. The molecule has 88 valence electrons. The van der Waals surface area contributed by atoms with E-state index >= 15 is 0 Å². The van der Waals surface area contributed by atoms with Gasteiger partial charge in [0.05, 0.1) is 0 Å². The molecule has 1 aromatic carbocycles. The molecule has 0 radical (unpaired) electrons. The summed E-state index contributed by atoms with van der Waals surface area (Å²) in [5.41, 5.74) is 7.68. The lowest BCUT2D eigenvalue weighted by atomic mass is 10.1. The van der Waals surface area contributed by atoms with Crippen LogP contribution < -0.4 is 5.73 Å². The van der Waals surface area contributed by atoms with E-state index in [1.165, 1.54) is 0 Å². The maximum absolute atomic E-state index is 8.54. The summed E-state index contributed by atoms with van der Waals surface area (Å²) in [6.45, 7) is 0. The Balaban J connectivity index is 2.19. The second-order valence-electron chi connectivity index (χ2n) is 3.53. The SMILES string of the molecule is N/C(=N\O)c1ccc(C#Cc2ccccn2)cc1. The van der Waals surface area contributed by atoms with Gasteiger partial charge in [0.1, 0.15) is 5.69 Å². The standard InChI is InChI=1S/C14H11N3O/c15-14(17-18)12-7-4-11(5-8-12)6-9-13-3-1-2-10-16-13/h1-5,7-8,10,18H,(H2,15,17). The molecule has 0 fully saturated rings. The van der Waals surface area contributed by atoms with Crippen LogP contribution in [-0.2, 0) is 0 Å². The largest absolute Gasteiger partial charge is 0.409 e. The summed E-state index contributed by atoms with van der Waals surface area (Å²) in [4.78, 5) is 4.11. The van der Waals surface area contributed by atoms with Gasteiger partial charge in [0.15, 0.2) is 5.84 Å². The molecule has 0 amide bonds. The molecule has 2 rings (SSSR count). The van der Waals surface area contributed by atoms with Gasteiger partial charge in [-0.3, -0.25) is 0 Å². The van der Waals surface area contributed by atoms with Crippen molar-refractivity contribution in [1.29, 1.82) is 0 Å². The van der Waals surface area contributed by atoms with Crippen molar-refractivity contribution in [3.63, 3.8) is 0 Å². The molecule has 0 atom stereocenters. The van der Waals surface area contributed by atoms with Crippen molar-refractivity contribution in [2.75, 3.05) is 0 Å². The van der Waals surface area contributed by atoms with E-state index in [2.05, 4.69) is 22.0 Å². The van der Waals surface area contributed by atoms with Gasteiger partial charge in [-0.15, -0.1) is 0 Å². The number of nitrogens with zero attached hydrogens (tertiary/aromatic N) is 2. The van der Waals surface area contributed by atoms with Crippen molar-refractivity contribution in [2.24, 2.45) is 10.9 Å². The molecule has 0 aliphatic rings. The molecule has 0 unspecified atom stereocenters. The summed E-state index contributed by atoms with van der Waals surface area (Å²) in [5.74, 6) is 6.02. The van der Waals surface area contributed by atoms with Crippen molar-refractivity contribution >= 4 is 5.84 Å². The first-order valence-electron chi connectivity index (χ1n) is 5.30. The van der Waals surface area contributed by atoms with Gasteiger partial charge in [-0.1, -0.05) is 17.1 Å². The first-order valence-corrected chi connectivity index (χ1v) is 5.30. The van der Waals surface area contributed by atoms with Crippen molar-refractivity contribution in [1.82, 2.24) is 4.98 Å². The fourth-order valence-corrected chi connectivity index (χ4v) is 1.35. The number of oxime groups is 1. The Hall–Kier alpha value is -2.80. The zero-order valence-corrected chi connectivity index (χ0v) is 9.54. The van der Waals surface area contributed by atoms with Crippen molar-refractivity contribution in [3.8, 4) is 11.8 Å². The van der Waals surface area contributed by atoms with E-state index in [1.54, 1.807) is 18.3 Å². The molecule has 4 nitrogen and oxygen atoms in total. The number of nitrogens with two attached hydrogens (primary N) is 1. The lowest BCUT2D eigenvalue weighted by Crippen LogP contribution is -2.12. The number of pyridine rings is 1. The highest BCUT2D eigenvalue weighted by Crippen LogP contribution is 2.03. The fourth-order valence-electron chi connectivity index (χ4n) is 1.35. The van der Waals surface area contributed by atoms with Gasteiger partial charge in [0, 0.05) is 17.3 Å². The molecule has 0 aliphatic carbocycles. The van der Waals surface area contributed by atoms with Gasteiger partial charge in [-0.05, 0) is 42.3 Å². The monoisotopic (exact) mass is 237 g/mol. The number of rotatable bonds is 1. The Kier molecular flexibility index (Phi) is 3.57. The van der Waals surface area contributed by atoms with Crippen LogP contribution in [0.15, 0.2) is 53.8 Å². The Labute approximate surface area is 105 Å². The maximum Gasteiger partial charge on any atom is 0.170 e. The van der Waals surface area contributed by atoms with Crippen LogP contribution in [0.1, 0.15) is 16.8 Å². The summed E-state index contributed by atoms with van der Waals surface area (Å²) >= 11 is 0. The molecule has 0 spiro atoms. The number of amidine groups is 1. The quantitative estimate of drug-likeness (QED) is 0.260. The van der Waals surface area contributed by atoms with E-state index < -0.39 is 0 Å². The second-order valence-corrected chi connectivity index (χ2v) is 3.53. The Morgan fingerprint density at radius 2 is 1.89 bits per heavy atom. The predicted molar refractivity (Wildman–Crippen MR) is 69.2 cm³/mol. The van der Waals surface area contributed by atoms with Gasteiger partial charge in [0.2, 0.25) is 0 Å². The lowest BCUT2D eigenvalue weighted by Gasteiger charge is -1.97. The van der Waals surface area contributed by atoms with Crippen LogP contribution in [0.25, 0.3) is 0 Å². The fraction of sp³-hybridized carbons (Fsp3) is 0. The molecule has 1 aromatic heterocycles. The van der Waals surface area contributed by atoms with E-state index in [1.807, 2.05) is 30.3 Å². The molecule has 4 heteroatoms. The van der Waals surface area contributed by atoms with E-state index in [9.17, 15) is 0 Å². The topological polar surface area (TPSA) is 71.5 Å². The van der Waals surface area contributed by atoms with Crippen LogP contribution in [0.2, 0.25) is 0 Å². The molecule has 0 bridgehead atoms. The Morgan fingerprint density at radius 3 is 2.50 bits per heavy atom. The van der Waals surface area contributed by atoms with Gasteiger partial charge in [0.25, 0.3) is 0 Å². The zero-order chi connectivity index (χ0) is 12.8. The molecular weight excluding hydrogens is 226 g/mol. The summed E-state index contributed by atoms with van der Waals surface area (Å²) in [6, 6.07) is 12.7. The van der Waals surface area contributed by atoms with Crippen molar-refractivity contribution in [2.45, 2.75) is 0 Å². The third kappa shape index (κ3) is 2.86. The minimum atomic E-state index is 0.0826. The molecule has 0 aliphatic heterocycles. The van der Waals surface area contributed by atoms with Gasteiger partial charge < -0.3 is 10.9 Å². The molecule has 1 heterocycles. The van der Waals surface area contributed by atoms with Crippen molar-refractivity contribution in [3.05, 3.63) is 65.5 Å². The second kappa shape index (κ2) is 5.51. The molecular formula is C14H11N3O. The van der Waals surface area contributed by atoms with Gasteiger partial charge >= 0.3 is 0 Å². The number of benzene rings is 1. The third-order valence-electron chi connectivity index (χ3n) is 2.29. The Bertz CT molecular complexity index is 607. The summed E-state index contributed by atoms with van der Waals surface area (Å²) in [5, 5.41) is 11.5. The summed E-state index contributed by atoms with van der Waals surface area (Å²) < 4.78 is 0. The minimum absolute atomic E-state index is 0.0826. The van der Waals surface area contributed by atoms with E-state index in [4.69, 9.17) is 10.9 Å². The first kappa shape index (κ1) is 11.7. The van der Waals surface area contributed by atoms with E-state index in [0.29, 0.717) is 5.56 Å². The van der Waals surface area contributed by atoms with Crippen LogP contribution in [-0.4, -0.2) is 16.0 Å². The highest BCUT2D eigenvalue weighted by Gasteiger charge is 1.97. The van der Waals surface area contributed by atoms with Crippen LogP contribution in [0.5, 0.6) is 0 Å². The van der Waals surface area contributed by atoms with Crippen LogP contribution in [0.3, 0.4) is 0 Å². The van der Waals surface area contributed by atoms with Crippen LogP contribution >= 0.6 is 0 Å². The van der Waals surface area contributed by atoms with Crippen LogP contribution in [0.4, 0.5) is 0 Å². The maximum atomic E-state index is 8.54.